The molecule has 1 aromatic rings. The van der Waals surface area contributed by atoms with Gasteiger partial charge in [0.25, 0.3) is 5.91 Å². The van der Waals surface area contributed by atoms with Gasteiger partial charge in [0.1, 0.15) is 0 Å². The third-order valence-corrected chi connectivity index (χ3v) is 2.85. The van der Waals surface area contributed by atoms with Crippen LogP contribution in [-0.4, -0.2) is 40.1 Å². The lowest BCUT2D eigenvalue weighted by molar-refractivity contribution is 0.0687. The van der Waals surface area contributed by atoms with E-state index in [2.05, 4.69) is 5.32 Å². The van der Waals surface area contributed by atoms with Crippen molar-refractivity contribution in [2.45, 2.75) is 0 Å². The third-order valence-electron chi connectivity index (χ3n) is 2.49. The van der Waals surface area contributed by atoms with Crippen LogP contribution in [-0.2, 0) is 0 Å². The fraction of sp³-hybridized carbons (Fsp3) is 0.182. The van der Waals surface area contributed by atoms with Gasteiger partial charge < -0.3 is 10.4 Å². The second-order valence-electron chi connectivity index (χ2n) is 3.54. The van der Waals surface area contributed by atoms with Crippen molar-refractivity contribution in [3.8, 4) is 0 Å². The van der Waals surface area contributed by atoms with Crippen molar-refractivity contribution in [1.29, 1.82) is 0 Å². The number of nitrogens with one attached hydrogen (secondary N) is 1. The largest absolute Gasteiger partial charge is 0.478 e. The van der Waals surface area contributed by atoms with Crippen molar-refractivity contribution < 1.29 is 14.7 Å². The van der Waals surface area contributed by atoms with Gasteiger partial charge in [0.15, 0.2) is 5.11 Å². The zero-order valence-electron chi connectivity index (χ0n) is 8.84. The standard InChI is InChI=1S/C11H10N2O3S/c14-9(13-6-5-12-11(13)17)7-3-1-2-4-8(7)10(15)16/h1-4H,5-6H2,(H,12,17)(H,15,16). The highest BCUT2D eigenvalue weighted by atomic mass is 32.1. The predicted octanol–water partition coefficient (Wildman–Crippen LogP) is 0.715. The average Bonchev–Trinajstić information content (AvgIpc) is 2.74. The van der Waals surface area contributed by atoms with Gasteiger partial charge in [-0.25, -0.2) is 4.79 Å². The molecule has 0 aliphatic carbocycles. The van der Waals surface area contributed by atoms with Crippen LogP contribution in [0.4, 0.5) is 0 Å². The molecule has 2 rings (SSSR count). The molecule has 5 nitrogen and oxygen atoms in total. The van der Waals surface area contributed by atoms with E-state index >= 15 is 0 Å². The molecule has 0 aromatic heterocycles. The zero-order chi connectivity index (χ0) is 12.4. The Morgan fingerprint density at radius 3 is 2.47 bits per heavy atom. The first-order valence-electron chi connectivity index (χ1n) is 5.03. The van der Waals surface area contributed by atoms with E-state index in [1.807, 2.05) is 0 Å². The Morgan fingerprint density at radius 1 is 1.29 bits per heavy atom. The molecule has 1 aliphatic rings. The van der Waals surface area contributed by atoms with Gasteiger partial charge >= 0.3 is 5.97 Å². The molecule has 0 bridgehead atoms. The number of hydrogen-bond donors (Lipinski definition) is 2. The first kappa shape index (κ1) is 11.5. The van der Waals surface area contributed by atoms with Crippen molar-refractivity contribution >= 4 is 29.2 Å². The predicted molar refractivity (Wildman–Crippen MR) is 65.0 cm³/mol. The van der Waals surface area contributed by atoms with Gasteiger partial charge in [-0.05, 0) is 24.4 Å². The second kappa shape index (κ2) is 4.50. The van der Waals surface area contributed by atoms with Crippen molar-refractivity contribution in [2.24, 2.45) is 0 Å². The number of hydrogen-bond acceptors (Lipinski definition) is 3. The molecule has 0 unspecified atom stereocenters. The van der Waals surface area contributed by atoms with Crippen LogP contribution in [0.3, 0.4) is 0 Å². The lowest BCUT2D eigenvalue weighted by Gasteiger charge is -2.15. The van der Waals surface area contributed by atoms with Crippen LogP contribution < -0.4 is 5.32 Å². The summed E-state index contributed by atoms with van der Waals surface area (Å²) in [4.78, 5) is 24.5. The zero-order valence-corrected chi connectivity index (χ0v) is 9.66. The van der Waals surface area contributed by atoms with Crippen molar-refractivity contribution in [1.82, 2.24) is 10.2 Å². The molecule has 0 saturated carbocycles. The van der Waals surface area contributed by atoms with E-state index < -0.39 is 5.97 Å². The lowest BCUT2D eigenvalue weighted by Crippen LogP contribution is -2.34. The fourth-order valence-corrected chi connectivity index (χ4v) is 1.94. The molecule has 2 N–H and O–H groups in total. The molecule has 6 heteroatoms. The molecule has 1 saturated heterocycles. The number of carbonyl (C=O) groups is 2. The van der Waals surface area contributed by atoms with Gasteiger partial charge in [0.05, 0.1) is 11.1 Å². The Labute approximate surface area is 103 Å². The van der Waals surface area contributed by atoms with Gasteiger partial charge in [0, 0.05) is 13.1 Å². The van der Waals surface area contributed by atoms with Gasteiger partial charge in [-0.2, -0.15) is 0 Å². The van der Waals surface area contributed by atoms with E-state index in [9.17, 15) is 9.59 Å². The highest BCUT2D eigenvalue weighted by Gasteiger charge is 2.26. The molecular weight excluding hydrogens is 240 g/mol. The molecule has 0 spiro atoms. The Morgan fingerprint density at radius 2 is 1.94 bits per heavy atom. The first-order valence-corrected chi connectivity index (χ1v) is 5.44. The second-order valence-corrected chi connectivity index (χ2v) is 3.93. The summed E-state index contributed by atoms with van der Waals surface area (Å²) in [7, 11) is 0. The van der Waals surface area contributed by atoms with E-state index in [1.54, 1.807) is 12.1 Å². The van der Waals surface area contributed by atoms with Crippen molar-refractivity contribution in [2.75, 3.05) is 13.1 Å². The highest BCUT2D eigenvalue weighted by molar-refractivity contribution is 7.80. The summed E-state index contributed by atoms with van der Waals surface area (Å²) in [6, 6.07) is 6.11. The van der Waals surface area contributed by atoms with Crippen LogP contribution in [0.1, 0.15) is 20.7 Å². The number of carbonyl (C=O) groups excluding carboxylic acids is 1. The monoisotopic (exact) mass is 250 g/mol. The van der Waals surface area contributed by atoms with Gasteiger partial charge in [0.2, 0.25) is 0 Å². The van der Waals surface area contributed by atoms with Crippen molar-refractivity contribution in [3.05, 3.63) is 35.4 Å². The molecule has 0 atom stereocenters. The first-order chi connectivity index (χ1) is 8.11. The number of carboxylic acids is 1. The summed E-state index contributed by atoms with van der Waals surface area (Å²) in [5, 5.41) is 12.2. The van der Waals surface area contributed by atoms with E-state index in [4.69, 9.17) is 17.3 Å². The van der Waals surface area contributed by atoms with Crippen LogP contribution >= 0.6 is 12.2 Å². The van der Waals surface area contributed by atoms with Gasteiger partial charge in [-0.1, -0.05) is 12.1 Å². The van der Waals surface area contributed by atoms with E-state index in [1.165, 1.54) is 17.0 Å². The Balaban J connectivity index is 2.37. The number of rotatable bonds is 2. The lowest BCUT2D eigenvalue weighted by atomic mass is 10.1. The Bertz CT molecular complexity index is 501. The topological polar surface area (TPSA) is 69.6 Å². The number of aromatic carboxylic acids is 1. The highest BCUT2D eigenvalue weighted by Crippen LogP contribution is 2.13. The quantitative estimate of drug-likeness (QED) is 0.757. The molecule has 1 aliphatic heterocycles. The molecular formula is C11H10N2O3S. The molecule has 88 valence electrons. The maximum absolute atomic E-state index is 12.1. The van der Waals surface area contributed by atoms with E-state index in [0.717, 1.165) is 0 Å². The minimum Gasteiger partial charge on any atom is -0.478 e. The summed E-state index contributed by atoms with van der Waals surface area (Å²) < 4.78 is 0. The van der Waals surface area contributed by atoms with Gasteiger partial charge in [-0.3, -0.25) is 9.69 Å². The van der Waals surface area contributed by atoms with Crippen LogP contribution in [0.15, 0.2) is 24.3 Å². The normalized spacial score (nSPS) is 14.6. The molecule has 1 amide bonds. The fourth-order valence-electron chi connectivity index (χ4n) is 1.67. The van der Waals surface area contributed by atoms with Crippen LogP contribution in [0.25, 0.3) is 0 Å². The number of thiocarbonyl (C=S) groups is 1. The maximum Gasteiger partial charge on any atom is 0.336 e. The minimum atomic E-state index is -1.12. The SMILES string of the molecule is O=C(O)c1ccccc1C(=O)N1CCNC1=S. The van der Waals surface area contributed by atoms with E-state index in [-0.39, 0.29) is 17.0 Å². The molecule has 1 heterocycles. The summed E-state index contributed by atoms with van der Waals surface area (Å²) in [5.41, 5.74) is 0.151. The minimum absolute atomic E-state index is 0.00722. The Hall–Kier alpha value is -1.95. The molecule has 0 radical (unpaired) electrons. The molecule has 17 heavy (non-hydrogen) atoms. The van der Waals surface area contributed by atoms with Gasteiger partial charge in [-0.15, -0.1) is 0 Å². The number of amides is 1. The number of nitrogens with zero attached hydrogens (tertiary/aromatic N) is 1. The van der Waals surface area contributed by atoms with Crippen LogP contribution in [0.2, 0.25) is 0 Å². The smallest absolute Gasteiger partial charge is 0.336 e. The molecule has 1 fully saturated rings. The summed E-state index contributed by atoms with van der Waals surface area (Å²) >= 11 is 4.97. The third kappa shape index (κ3) is 2.12. The van der Waals surface area contributed by atoms with E-state index in [0.29, 0.717) is 18.2 Å². The maximum atomic E-state index is 12.1. The Kier molecular flexibility index (Phi) is 3.06. The summed E-state index contributed by atoms with van der Waals surface area (Å²) in [5.74, 6) is -1.50. The average molecular weight is 250 g/mol. The summed E-state index contributed by atoms with van der Waals surface area (Å²) in [6.07, 6.45) is 0. The van der Waals surface area contributed by atoms with Crippen molar-refractivity contribution in [3.63, 3.8) is 0 Å². The molecule has 1 aromatic carbocycles. The van der Waals surface area contributed by atoms with Crippen LogP contribution in [0.5, 0.6) is 0 Å². The summed E-state index contributed by atoms with van der Waals surface area (Å²) in [6.45, 7) is 1.06. The number of carboxylic acid groups (broad SMARTS) is 1. The number of benzene rings is 1. The van der Waals surface area contributed by atoms with Crippen LogP contribution in [0, 0.1) is 0 Å².